The first-order chi connectivity index (χ1) is 14.0. The molecule has 154 valence electrons. The van der Waals surface area contributed by atoms with E-state index < -0.39 is 0 Å². The maximum absolute atomic E-state index is 12.9. The second kappa shape index (κ2) is 7.15. The Kier molecular flexibility index (Phi) is 4.60. The van der Waals surface area contributed by atoms with Crippen LogP contribution in [0.15, 0.2) is 18.2 Å². The molecule has 1 saturated carbocycles. The summed E-state index contributed by atoms with van der Waals surface area (Å²) in [6.45, 7) is 5.01. The largest absolute Gasteiger partial charge is 0.342 e. The van der Waals surface area contributed by atoms with Gasteiger partial charge in [-0.05, 0) is 61.8 Å². The quantitative estimate of drug-likeness (QED) is 0.790. The Morgan fingerprint density at radius 1 is 1.00 bits per heavy atom. The number of piperidine rings is 1. The van der Waals surface area contributed by atoms with Crippen molar-refractivity contribution in [1.82, 2.24) is 4.90 Å². The highest BCUT2D eigenvalue weighted by atomic mass is 16.2. The highest BCUT2D eigenvalue weighted by Crippen LogP contribution is 2.38. The van der Waals surface area contributed by atoms with Gasteiger partial charge < -0.3 is 14.7 Å². The van der Waals surface area contributed by atoms with E-state index in [4.69, 9.17) is 0 Å². The van der Waals surface area contributed by atoms with Crippen LogP contribution < -0.4 is 9.80 Å². The minimum Gasteiger partial charge on any atom is -0.342 e. The Bertz CT molecular complexity index is 863. The van der Waals surface area contributed by atoms with E-state index in [1.54, 1.807) is 4.90 Å². The van der Waals surface area contributed by atoms with Crippen molar-refractivity contribution in [2.24, 2.45) is 17.8 Å². The molecule has 5 rings (SSSR count). The topological polar surface area (TPSA) is 60.9 Å². The normalized spacial score (nSPS) is 26.8. The first-order valence-electron chi connectivity index (χ1n) is 11.0. The van der Waals surface area contributed by atoms with Gasteiger partial charge in [-0.3, -0.25) is 14.4 Å². The minimum absolute atomic E-state index is 0.0252. The van der Waals surface area contributed by atoms with Crippen molar-refractivity contribution in [3.63, 3.8) is 0 Å². The lowest BCUT2D eigenvalue weighted by Gasteiger charge is -2.32. The zero-order valence-electron chi connectivity index (χ0n) is 17.1. The van der Waals surface area contributed by atoms with E-state index in [0.29, 0.717) is 18.9 Å². The molecular weight excluding hydrogens is 366 g/mol. The smallest absolute Gasteiger partial charge is 0.230 e. The summed E-state index contributed by atoms with van der Waals surface area (Å²) in [4.78, 5) is 43.8. The number of benzene rings is 1. The van der Waals surface area contributed by atoms with Gasteiger partial charge in [-0.15, -0.1) is 0 Å². The molecule has 4 aliphatic rings. The van der Waals surface area contributed by atoms with Crippen LogP contribution in [0, 0.1) is 17.8 Å². The summed E-state index contributed by atoms with van der Waals surface area (Å²) in [6.07, 6.45) is 5.38. The van der Waals surface area contributed by atoms with Gasteiger partial charge >= 0.3 is 0 Å². The van der Waals surface area contributed by atoms with Crippen LogP contribution in [-0.2, 0) is 20.8 Å². The predicted molar refractivity (Wildman–Crippen MR) is 111 cm³/mol. The monoisotopic (exact) mass is 395 g/mol. The Labute approximate surface area is 171 Å². The van der Waals surface area contributed by atoms with Crippen LogP contribution in [0.1, 0.15) is 44.6 Å². The second-order valence-electron chi connectivity index (χ2n) is 9.26. The second-order valence-corrected chi connectivity index (χ2v) is 9.26. The molecule has 0 radical (unpaired) electrons. The van der Waals surface area contributed by atoms with E-state index in [-0.39, 0.29) is 29.6 Å². The molecule has 1 aromatic rings. The number of carbonyl (C=O) groups is 3. The van der Waals surface area contributed by atoms with Crippen LogP contribution in [0.25, 0.3) is 0 Å². The summed E-state index contributed by atoms with van der Waals surface area (Å²) in [6, 6.07) is 5.96. The molecule has 1 aliphatic carbocycles. The summed E-state index contributed by atoms with van der Waals surface area (Å²) in [5, 5.41) is 0. The Hall–Kier alpha value is -2.37. The third-order valence-electron chi connectivity index (χ3n) is 6.91. The molecule has 2 unspecified atom stereocenters. The van der Waals surface area contributed by atoms with Gasteiger partial charge in [-0.25, -0.2) is 0 Å². The van der Waals surface area contributed by atoms with E-state index in [9.17, 15) is 14.4 Å². The number of hydrogen-bond donors (Lipinski definition) is 0. The van der Waals surface area contributed by atoms with Gasteiger partial charge in [0, 0.05) is 49.9 Å². The zero-order valence-corrected chi connectivity index (χ0v) is 17.1. The zero-order chi connectivity index (χ0) is 20.1. The van der Waals surface area contributed by atoms with E-state index in [1.807, 2.05) is 28.0 Å². The molecule has 0 N–H and O–H groups in total. The fourth-order valence-corrected chi connectivity index (χ4v) is 5.11. The Morgan fingerprint density at radius 2 is 1.83 bits per heavy atom. The molecular formula is C23H29N3O3. The lowest BCUT2D eigenvalue weighted by molar-refractivity contribution is -0.137. The number of amides is 3. The van der Waals surface area contributed by atoms with Crippen molar-refractivity contribution in [2.45, 2.75) is 45.4 Å². The molecule has 1 aromatic carbocycles. The molecule has 0 bridgehead atoms. The van der Waals surface area contributed by atoms with Gasteiger partial charge in [0.25, 0.3) is 0 Å². The fourth-order valence-electron chi connectivity index (χ4n) is 5.11. The van der Waals surface area contributed by atoms with E-state index >= 15 is 0 Å². The molecule has 0 aromatic heterocycles. The van der Waals surface area contributed by atoms with Crippen molar-refractivity contribution in [1.29, 1.82) is 0 Å². The van der Waals surface area contributed by atoms with Gasteiger partial charge in [0.1, 0.15) is 0 Å². The Morgan fingerprint density at radius 3 is 2.59 bits per heavy atom. The standard InChI is InChI=1S/C23H29N3O3/c1-15-3-2-9-24(13-15)22(28)18-12-21(27)26(14-18)19-6-7-20-17(11-19)8-10-25(20)23(29)16-4-5-16/h6-7,11,15-16,18H,2-5,8-10,12-14H2,1H3. The molecule has 3 amide bonds. The molecule has 6 heteroatoms. The minimum atomic E-state index is -0.242. The molecule has 3 heterocycles. The highest BCUT2D eigenvalue weighted by Gasteiger charge is 2.39. The number of likely N-dealkylation sites (tertiary alicyclic amines) is 1. The lowest BCUT2D eigenvalue weighted by atomic mass is 9.98. The van der Waals surface area contributed by atoms with Crippen LogP contribution in [0.4, 0.5) is 11.4 Å². The van der Waals surface area contributed by atoms with Crippen molar-refractivity contribution < 1.29 is 14.4 Å². The lowest BCUT2D eigenvalue weighted by Crippen LogP contribution is -2.43. The van der Waals surface area contributed by atoms with Crippen molar-refractivity contribution in [3.8, 4) is 0 Å². The number of hydrogen-bond acceptors (Lipinski definition) is 3. The van der Waals surface area contributed by atoms with Crippen LogP contribution in [0.2, 0.25) is 0 Å². The summed E-state index contributed by atoms with van der Waals surface area (Å²) >= 11 is 0. The first-order valence-corrected chi connectivity index (χ1v) is 11.0. The molecule has 3 aliphatic heterocycles. The van der Waals surface area contributed by atoms with Crippen LogP contribution in [0.3, 0.4) is 0 Å². The van der Waals surface area contributed by atoms with Gasteiger partial charge in [0.15, 0.2) is 0 Å². The average Bonchev–Trinajstić information content (AvgIpc) is 3.37. The number of carbonyl (C=O) groups excluding carboxylic acids is 3. The average molecular weight is 396 g/mol. The third kappa shape index (κ3) is 3.43. The summed E-state index contributed by atoms with van der Waals surface area (Å²) in [7, 11) is 0. The summed E-state index contributed by atoms with van der Waals surface area (Å²) in [5.74, 6) is 0.917. The van der Waals surface area contributed by atoms with Gasteiger partial charge in [-0.1, -0.05) is 6.92 Å². The molecule has 29 heavy (non-hydrogen) atoms. The van der Waals surface area contributed by atoms with Crippen LogP contribution in [0.5, 0.6) is 0 Å². The van der Waals surface area contributed by atoms with Crippen molar-refractivity contribution >= 4 is 29.1 Å². The predicted octanol–water partition coefficient (Wildman–Crippen LogP) is 2.60. The Balaban J connectivity index is 1.29. The number of anilines is 2. The van der Waals surface area contributed by atoms with E-state index in [0.717, 1.165) is 62.3 Å². The molecule has 0 spiro atoms. The molecule has 2 saturated heterocycles. The maximum Gasteiger partial charge on any atom is 0.230 e. The number of rotatable bonds is 3. The van der Waals surface area contributed by atoms with Crippen molar-refractivity contribution in [3.05, 3.63) is 23.8 Å². The van der Waals surface area contributed by atoms with Gasteiger partial charge in [0.05, 0.1) is 5.92 Å². The third-order valence-corrected chi connectivity index (χ3v) is 6.91. The van der Waals surface area contributed by atoms with Crippen LogP contribution >= 0.6 is 0 Å². The molecule has 6 nitrogen and oxygen atoms in total. The van der Waals surface area contributed by atoms with Crippen LogP contribution in [-0.4, -0.2) is 48.8 Å². The summed E-state index contributed by atoms with van der Waals surface area (Å²) < 4.78 is 0. The fraction of sp³-hybridized carbons (Fsp3) is 0.609. The maximum atomic E-state index is 12.9. The summed E-state index contributed by atoms with van der Waals surface area (Å²) in [5.41, 5.74) is 2.98. The van der Waals surface area contributed by atoms with Crippen molar-refractivity contribution in [2.75, 3.05) is 36.0 Å². The molecule has 2 atom stereocenters. The number of nitrogens with zero attached hydrogens (tertiary/aromatic N) is 3. The highest BCUT2D eigenvalue weighted by molar-refractivity contribution is 6.02. The number of fused-ring (bicyclic) bond motifs is 1. The van der Waals surface area contributed by atoms with Gasteiger partial charge in [-0.2, -0.15) is 0 Å². The van der Waals surface area contributed by atoms with Gasteiger partial charge in [0.2, 0.25) is 17.7 Å². The first kappa shape index (κ1) is 18.6. The van der Waals surface area contributed by atoms with E-state index in [1.165, 1.54) is 6.42 Å². The SMILES string of the molecule is CC1CCCN(C(=O)C2CC(=O)N(c3ccc4c(c3)CCN4C(=O)C3CC3)C2)C1. The molecule has 3 fully saturated rings. The van der Waals surface area contributed by atoms with E-state index in [2.05, 4.69) is 6.92 Å².